The molecule has 0 saturated heterocycles. The molecule has 5 nitrogen and oxygen atoms in total. The first-order chi connectivity index (χ1) is 13.0. The summed E-state index contributed by atoms with van der Waals surface area (Å²) in [6.45, 7) is 6.58. The van der Waals surface area contributed by atoms with Gasteiger partial charge >= 0.3 is 0 Å². The zero-order chi connectivity index (χ0) is 20.6. The van der Waals surface area contributed by atoms with E-state index in [0.717, 1.165) is 0 Å². The lowest BCUT2D eigenvalue weighted by Crippen LogP contribution is -2.61. The number of Topliss-reactive ketones (excluding diaryl/α,β-unsaturated/α-hetero) is 1. The Morgan fingerprint density at radius 2 is 2.07 bits per heavy atom. The van der Waals surface area contributed by atoms with Crippen LogP contribution in [0.2, 0.25) is 0 Å². The molecule has 4 aliphatic carbocycles. The van der Waals surface area contributed by atoms with Gasteiger partial charge in [0.2, 0.25) is 0 Å². The molecule has 7 atom stereocenters. The molecule has 6 heteroatoms. The molecule has 0 radical (unpaired) electrons. The van der Waals surface area contributed by atoms with Crippen molar-refractivity contribution in [3.63, 3.8) is 0 Å². The molecule has 0 unspecified atom stereocenters. The molecule has 0 heterocycles. The van der Waals surface area contributed by atoms with Crippen LogP contribution in [0.25, 0.3) is 0 Å². The first kappa shape index (κ1) is 19.4. The number of carbonyl (C=O) groups excluding carboxylic acids is 2. The van der Waals surface area contributed by atoms with Gasteiger partial charge in [0.25, 0.3) is 0 Å². The molecule has 0 aromatic carbocycles. The summed E-state index contributed by atoms with van der Waals surface area (Å²) in [6.07, 6.45) is 5.24. The molecule has 0 spiro atoms. The smallest absolute Gasteiger partial charge is 0.194 e. The van der Waals surface area contributed by atoms with Crippen LogP contribution in [0.4, 0.5) is 4.39 Å². The monoisotopic (exact) mass is 388 g/mol. The highest BCUT2D eigenvalue weighted by Crippen LogP contribution is 2.67. The Morgan fingerprint density at radius 3 is 2.71 bits per heavy atom. The number of hydrogen-bond acceptors (Lipinski definition) is 5. The normalized spacial score (nSPS) is 47.1. The SMILES string of the molecule is C=C1C[C@H]2[C@@H]3C=C(F)C4=CC(=O)C=C[C@]4(C)[C@H]3[C@@H](O)C[C@]2(C)[C@@]1(O)C(=O)CO. The largest absolute Gasteiger partial charge is 0.393 e. The van der Waals surface area contributed by atoms with Crippen LogP contribution in [0.5, 0.6) is 0 Å². The van der Waals surface area contributed by atoms with Crippen LogP contribution in [0.1, 0.15) is 26.7 Å². The van der Waals surface area contributed by atoms with Crippen molar-refractivity contribution in [2.45, 2.75) is 38.4 Å². The molecule has 4 rings (SSSR count). The van der Waals surface area contributed by atoms with Crippen molar-refractivity contribution < 1.29 is 29.3 Å². The van der Waals surface area contributed by atoms with Crippen LogP contribution < -0.4 is 0 Å². The number of allylic oxidation sites excluding steroid dienone is 6. The summed E-state index contributed by atoms with van der Waals surface area (Å²) >= 11 is 0. The van der Waals surface area contributed by atoms with Crippen molar-refractivity contribution in [3.8, 4) is 0 Å². The van der Waals surface area contributed by atoms with Gasteiger partial charge in [0, 0.05) is 22.3 Å². The number of aliphatic hydroxyl groups excluding tert-OH is 2. The van der Waals surface area contributed by atoms with Crippen molar-refractivity contribution in [2.75, 3.05) is 6.61 Å². The molecule has 28 heavy (non-hydrogen) atoms. The summed E-state index contributed by atoms with van der Waals surface area (Å²) < 4.78 is 15.1. The first-order valence-corrected chi connectivity index (χ1v) is 9.56. The molecular formula is C22H25FO5. The average Bonchev–Trinajstić information content (AvgIpc) is 2.83. The van der Waals surface area contributed by atoms with E-state index in [1.807, 2.05) is 6.92 Å². The van der Waals surface area contributed by atoms with E-state index in [2.05, 4.69) is 6.58 Å². The topological polar surface area (TPSA) is 94.8 Å². The van der Waals surface area contributed by atoms with Gasteiger partial charge < -0.3 is 15.3 Å². The molecule has 0 aliphatic heterocycles. The Balaban J connectivity index is 1.88. The highest BCUT2D eigenvalue weighted by Gasteiger charge is 2.69. The van der Waals surface area contributed by atoms with Gasteiger partial charge in [-0.15, -0.1) is 0 Å². The van der Waals surface area contributed by atoms with Crippen LogP contribution in [-0.2, 0) is 9.59 Å². The van der Waals surface area contributed by atoms with Crippen LogP contribution in [0.15, 0.2) is 47.9 Å². The van der Waals surface area contributed by atoms with Crippen LogP contribution in [0, 0.1) is 28.6 Å². The second kappa shape index (κ2) is 5.81. The minimum Gasteiger partial charge on any atom is -0.393 e. The average molecular weight is 388 g/mol. The lowest BCUT2D eigenvalue weighted by Gasteiger charge is -2.57. The van der Waals surface area contributed by atoms with Crippen molar-refractivity contribution in [1.82, 2.24) is 0 Å². The van der Waals surface area contributed by atoms with E-state index in [-0.39, 0.29) is 23.7 Å². The van der Waals surface area contributed by atoms with E-state index < -0.39 is 52.6 Å². The molecule has 2 saturated carbocycles. The van der Waals surface area contributed by atoms with Gasteiger partial charge in [-0.2, -0.15) is 0 Å². The summed E-state index contributed by atoms with van der Waals surface area (Å²) in [6, 6.07) is 0. The number of hydrogen-bond donors (Lipinski definition) is 3. The van der Waals surface area contributed by atoms with E-state index in [1.165, 1.54) is 18.2 Å². The first-order valence-electron chi connectivity index (χ1n) is 9.56. The fourth-order valence-corrected chi connectivity index (χ4v) is 6.45. The third kappa shape index (κ3) is 2.11. The van der Waals surface area contributed by atoms with Gasteiger partial charge in [0.1, 0.15) is 12.4 Å². The van der Waals surface area contributed by atoms with E-state index in [1.54, 1.807) is 13.0 Å². The van der Waals surface area contributed by atoms with Crippen molar-refractivity contribution >= 4 is 11.6 Å². The zero-order valence-electron chi connectivity index (χ0n) is 16.0. The Kier molecular flexibility index (Phi) is 4.03. The van der Waals surface area contributed by atoms with E-state index in [4.69, 9.17) is 0 Å². The van der Waals surface area contributed by atoms with Gasteiger partial charge in [-0.25, -0.2) is 4.39 Å². The van der Waals surface area contributed by atoms with Crippen molar-refractivity contribution in [1.29, 1.82) is 0 Å². The standard InChI is InChI=1S/C22H25FO5/c1-11-6-14-13-8-16(23)15-7-12(25)4-5-20(15,2)19(13)17(26)9-21(14,3)22(11,28)18(27)10-24/h4-5,7-8,13-14,17,19,24,26,28H,1,6,9-10H2,2-3H3/t13-,14-,17-,19+,20-,21-,22-/m0/s1. The lowest BCUT2D eigenvalue weighted by molar-refractivity contribution is -0.167. The van der Waals surface area contributed by atoms with Crippen molar-refractivity contribution in [2.24, 2.45) is 28.6 Å². The number of carbonyl (C=O) groups is 2. The Hall–Kier alpha value is -1.89. The Labute approximate surface area is 162 Å². The quantitative estimate of drug-likeness (QED) is 0.627. The molecule has 0 aromatic rings. The molecule has 0 aromatic heterocycles. The molecule has 4 aliphatic rings. The van der Waals surface area contributed by atoms with Gasteiger partial charge in [0.15, 0.2) is 17.2 Å². The molecule has 0 bridgehead atoms. The molecule has 150 valence electrons. The predicted molar refractivity (Wildman–Crippen MR) is 99.5 cm³/mol. The highest BCUT2D eigenvalue weighted by molar-refractivity contribution is 6.01. The summed E-state index contributed by atoms with van der Waals surface area (Å²) in [5.74, 6) is -2.73. The Morgan fingerprint density at radius 1 is 1.39 bits per heavy atom. The minimum absolute atomic E-state index is 0.111. The highest BCUT2D eigenvalue weighted by atomic mass is 19.1. The third-order valence-corrected chi connectivity index (χ3v) is 7.85. The number of aliphatic hydroxyl groups is 3. The summed E-state index contributed by atoms with van der Waals surface area (Å²) in [5.41, 5.74) is -3.34. The van der Waals surface area contributed by atoms with Gasteiger partial charge in [-0.3, -0.25) is 9.59 Å². The fourth-order valence-electron chi connectivity index (χ4n) is 6.45. The molecule has 3 N–H and O–H groups in total. The lowest BCUT2D eigenvalue weighted by atomic mass is 9.47. The van der Waals surface area contributed by atoms with E-state index in [0.29, 0.717) is 12.0 Å². The van der Waals surface area contributed by atoms with E-state index in [9.17, 15) is 24.9 Å². The third-order valence-electron chi connectivity index (χ3n) is 7.85. The van der Waals surface area contributed by atoms with Crippen LogP contribution >= 0.6 is 0 Å². The van der Waals surface area contributed by atoms with E-state index >= 15 is 4.39 Å². The summed E-state index contributed by atoms with van der Waals surface area (Å²) in [7, 11) is 0. The molecular weight excluding hydrogens is 363 g/mol. The molecule has 0 amide bonds. The van der Waals surface area contributed by atoms with Crippen LogP contribution in [0.3, 0.4) is 0 Å². The maximum Gasteiger partial charge on any atom is 0.194 e. The summed E-state index contributed by atoms with van der Waals surface area (Å²) in [4.78, 5) is 24.3. The fraction of sp³-hybridized carbons (Fsp3) is 0.545. The van der Waals surface area contributed by atoms with Gasteiger partial charge in [0.05, 0.1) is 6.10 Å². The minimum atomic E-state index is -1.96. The second-order valence-electron chi connectivity index (χ2n) is 9.09. The molecule has 2 fully saturated rings. The van der Waals surface area contributed by atoms with Crippen molar-refractivity contribution in [3.05, 3.63) is 47.9 Å². The number of fused-ring (bicyclic) bond motifs is 5. The van der Waals surface area contributed by atoms with Gasteiger partial charge in [-0.05, 0) is 48.5 Å². The number of rotatable bonds is 2. The van der Waals surface area contributed by atoms with Gasteiger partial charge in [-0.1, -0.05) is 26.5 Å². The van der Waals surface area contributed by atoms with Crippen LogP contribution in [-0.4, -0.2) is 45.2 Å². The zero-order valence-corrected chi connectivity index (χ0v) is 16.0. The second-order valence-corrected chi connectivity index (χ2v) is 9.09. The number of ketones is 2. The summed E-state index contributed by atoms with van der Waals surface area (Å²) in [5, 5.41) is 31.8. The predicted octanol–water partition coefficient (Wildman–Crippen LogP) is 1.80. The Bertz CT molecular complexity index is 885. The number of halogens is 1. The maximum absolute atomic E-state index is 15.1. The maximum atomic E-state index is 15.1.